The lowest BCUT2D eigenvalue weighted by molar-refractivity contribution is 0.0888. The van der Waals surface area contributed by atoms with Crippen molar-refractivity contribution in [3.63, 3.8) is 0 Å². The molecular weight excluding hydrogens is 260 g/mol. The van der Waals surface area contributed by atoms with E-state index in [1.807, 2.05) is 30.3 Å². The Kier molecular flexibility index (Phi) is 5.39. The van der Waals surface area contributed by atoms with Crippen molar-refractivity contribution >= 4 is 0 Å². The SMILES string of the molecule is CCC(CC)C(O)CNC1CC(C#N)(c2ccccc2)C1. The molecule has 1 aromatic carbocycles. The van der Waals surface area contributed by atoms with Crippen molar-refractivity contribution in [2.24, 2.45) is 5.92 Å². The molecule has 0 bridgehead atoms. The monoisotopic (exact) mass is 286 g/mol. The molecular formula is C18H26N2O. The van der Waals surface area contributed by atoms with E-state index in [1.165, 1.54) is 0 Å². The van der Waals surface area contributed by atoms with Gasteiger partial charge >= 0.3 is 0 Å². The summed E-state index contributed by atoms with van der Waals surface area (Å²) < 4.78 is 0. The van der Waals surface area contributed by atoms with E-state index < -0.39 is 0 Å². The number of benzene rings is 1. The minimum Gasteiger partial charge on any atom is -0.392 e. The predicted molar refractivity (Wildman–Crippen MR) is 84.8 cm³/mol. The van der Waals surface area contributed by atoms with Crippen molar-refractivity contribution in [3.05, 3.63) is 35.9 Å². The van der Waals surface area contributed by atoms with Crippen LogP contribution in [0.3, 0.4) is 0 Å². The van der Waals surface area contributed by atoms with E-state index in [2.05, 4.69) is 25.2 Å². The first-order chi connectivity index (χ1) is 10.1. The number of nitrogens with zero attached hydrogens (tertiary/aromatic N) is 1. The predicted octanol–water partition coefficient (Wildman–Crippen LogP) is 3.00. The standard InChI is InChI=1S/C18H26N2O/c1-3-14(4-2)17(21)12-20-16-10-18(11-16,13-19)15-8-6-5-7-9-15/h5-9,14,16-17,20-21H,3-4,10-12H2,1-2H3. The van der Waals surface area contributed by atoms with Gasteiger partial charge in [0.15, 0.2) is 0 Å². The van der Waals surface area contributed by atoms with Gasteiger partial charge < -0.3 is 10.4 Å². The molecule has 1 fully saturated rings. The fraction of sp³-hybridized carbons (Fsp3) is 0.611. The third kappa shape index (κ3) is 3.45. The van der Waals surface area contributed by atoms with Crippen LogP contribution in [-0.2, 0) is 5.41 Å². The summed E-state index contributed by atoms with van der Waals surface area (Å²) in [7, 11) is 0. The Balaban J connectivity index is 1.85. The van der Waals surface area contributed by atoms with Crippen LogP contribution in [0.5, 0.6) is 0 Å². The maximum atomic E-state index is 10.2. The van der Waals surface area contributed by atoms with Crippen LogP contribution in [0, 0.1) is 17.2 Å². The maximum Gasteiger partial charge on any atom is 0.0852 e. The summed E-state index contributed by atoms with van der Waals surface area (Å²) in [5.41, 5.74) is 0.782. The van der Waals surface area contributed by atoms with E-state index in [0.29, 0.717) is 18.5 Å². The zero-order chi connectivity index (χ0) is 15.3. The van der Waals surface area contributed by atoms with Crippen LogP contribution in [-0.4, -0.2) is 23.8 Å². The van der Waals surface area contributed by atoms with Gasteiger partial charge in [0, 0.05) is 12.6 Å². The molecule has 1 aromatic rings. The number of nitriles is 1. The van der Waals surface area contributed by atoms with Crippen molar-refractivity contribution in [2.75, 3.05) is 6.54 Å². The Hall–Kier alpha value is -1.37. The first kappa shape index (κ1) is 16.0. The quantitative estimate of drug-likeness (QED) is 0.810. The van der Waals surface area contributed by atoms with Crippen molar-refractivity contribution < 1.29 is 5.11 Å². The number of rotatable bonds is 7. The van der Waals surface area contributed by atoms with Gasteiger partial charge in [-0.05, 0) is 24.3 Å². The molecule has 2 N–H and O–H groups in total. The summed E-state index contributed by atoms with van der Waals surface area (Å²) in [4.78, 5) is 0. The van der Waals surface area contributed by atoms with Gasteiger partial charge in [0.1, 0.15) is 0 Å². The fourth-order valence-corrected chi connectivity index (χ4v) is 3.36. The normalized spacial score (nSPS) is 26.1. The Bertz CT molecular complexity index is 470. The summed E-state index contributed by atoms with van der Waals surface area (Å²) in [6.07, 6.45) is 3.41. The summed E-state index contributed by atoms with van der Waals surface area (Å²) in [5, 5.41) is 23.1. The van der Waals surface area contributed by atoms with Gasteiger partial charge in [0.2, 0.25) is 0 Å². The molecule has 0 saturated heterocycles. The number of hydrogen-bond donors (Lipinski definition) is 2. The second-order valence-electron chi connectivity index (χ2n) is 6.22. The van der Waals surface area contributed by atoms with Gasteiger partial charge in [0.05, 0.1) is 17.6 Å². The van der Waals surface area contributed by atoms with E-state index in [1.54, 1.807) is 0 Å². The third-order valence-electron chi connectivity index (χ3n) is 4.94. The number of nitrogens with one attached hydrogen (secondary N) is 1. The Morgan fingerprint density at radius 1 is 1.29 bits per heavy atom. The molecule has 1 unspecified atom stereocenters. The van der Waals surface area contributed by atoms with Crippen LogP contribution in [0.1, 0.15) is 45.1 Å². The van der Waals surface area contributed by atoms with Gasteiger partial charge in [-0.3, -0.25) is 0 Å². The summed E-state index contributed by atoms with van der Waals surface area (Å²) in [6, 6.07) is 12.9. The van der Waals surface area contributed by atoms with Crippen LogP contribution < -0.4 is 5.32 Å². The minimum absolute atomic E-state index is 0.284. The van der Waals surface area contributed by atoms with Crippen LogP contribution in [0.25, 0.3) is 0 Å². The Morgan fingerprint density at radius 2 is 1.90 bits per heavy atom. The van der Waals surface area contributed by atoms with Gasteiger partial charge in [-0.15, -0.1) is 0 Å². The second kappa shape index (κ2) is 7.06. The van der Waals surface area contributed by atoms with Crippen LogP contribution in [0.2, 0.25) is 0 Å². The molecule has 114 valence electrons. The second-order valence-corrected chi connectivity index (χ2v) is 6.22. The molecule has 1 saturated carbocycles. The molecule has 3 heteroatoms. The molecule has 3 nitrogen and oxygen atoms in total. The fourth-order valence-electron chi connectivity index (χ4n) is 3.36. The van der Waals surface area contributed by atoms with E-state index in [9.17, 15) is 10.4 Å². The molecule has 0 spiro atoms. The highest BCUT2D eigenvalue weighted by Crippen LogP contribution is 2.43. The topological polar surface area (TPSA) is 56.0 Å². The van der Waals surface area contributed by atoms with Crippen molar-refractivity contribution in [3.8, 4) is 6.07 Å². The van der Waals surface area contributed by atoms with Gasteiger partial charge in [-0.25, -0.2) is 0 Å². The summed E-state index contributed by atoms with van der Waals surface area (Å²) in [5.74, 6) is 0.368. The lowest BCUT2D eigenvalue weighted by Gasteiger charge is -2.44. The van der Waals surface area contributed by atoms with Crippen molar-refractivity contribution in [2.45, 2.75) is 57.1 Å². The lowest BCUT2D eigenvalue weighted by Crippen LogP contribution is -2.52. The van der Waals surface area contributed by atoms with E-state index in [0.717, 1.165) is 31.2 Å². The highest BCUT2D eigenvalue weighted by molar-refractivity contribution is 5.36. The Labute approximate surface area is 128 Å². The Morgan fingerprint density at radius 3 is 2.43 bits per heavy atom. The molecule has 1 atom stereocenters. The first-order valence-electron chi connectivity index (χ1n) is 8.03. The molecule has 0 amide bonds. The highest BCUT2D eigenvalue weighted by atomic mass is 16.3. The zero-order valence-electron chi connectivity index (χ0n) is 13.0. The number of hydrogen-bond acceptors (Lipinski definition) is 3. The molecule has 21 heavy (non-hydrogen) atoms. The maximum absolute atomic E-state index is 10.2. The van der Waals surface area contributed by atoms with E-state index >= 15 is 0 Å². The smallest absolute Gasteiger partial charge is 0.0852 e. The van der Waals surface area contributed by atoms with Crippen molar-refractivity contribution in [1.29, 1.82) is 5.26 Å². The van der Waals surface area contributed by atoms with Crippen molar-refractivity contribution in [1.82, 2.24) is 5.32 Å². The molecule has 0 heterocycles. The zero-order valence-corrected chi connectivity index (χ0v) is 13.0. The lowest BCUT2D eigenvalue weighted by atomic mass is 9.62. The minimum atomic E-state index is -0.335. The van der Waals surface area contributed by atoms with E-state index in [-0.39, 0.29) is 11.5 Å². The molecule has 0 radical (unpaired) electrons. The largest absolute Gasteiger partial charge is 0.392 e. The van der Waals surface area contributed by atoms with Crippen LogP contribution >= 0.6 is 0 Å². The molecule has 1 aliphatic rings. The molecule has 1 aliphatic carbocycles. The molecule has 0 aromatic heterocycles. The van der Waals surface area contributed by atoms with Crippen LogP contribution in [0.4, 0.5) is 0 Å². The summed E-state index contributed by atoms with van der Waals surface area (Å²) >= 11 is 0. The average molecular weight is 286 g/mol. The molecule has 2 rings (SSSR count). The first-order valence-corrected chi connectivity index (χ1v) is 8.03. The van der Waals surface area contributed by atoms with Gasteiger partial charge in [0.25, 0.3) is 0 Å². The summed E-state index contributed by atoms with van der Waals surface area (Å²) in [6.45, 7) is 4.88. The highest BCUT2D eigenvalue weighted by Gasteiger charge is 2.45. The molecule has 0 aliphatic heterocycles. The third-order valence-corrected chi connectivity index (χ3v) is 4.94. The number of aliphatic hydroxyl groups is 1. The van der Waals surface area contributed by atoms with Crippen LogP contribution in [0.15, 0.2) is 30.3 Å². The average Bonchev–Trinajstić information content (AvgIpc) is 2.48. The van der Waals surface area contributed by atoms with Gasteiger partial charge in [-0.2, -0.15) is 5.26 Å². The number of aliphatic hydroxyl groups excluding tert-OH is 1. The van der Waals surface area contributed by atoms with Gasteiger partial charge in [-0.1, -0.05) is 57.0 Å². The van der Waals surface area contributed by atoms with E-state index in [4.69, 9.17) is 0 Å².